The topological polar surface area (TPSA) is 63.2 Å². The highest BCUT2D eigenvalue weighted by molar-refractivity contribution is 5.54. The van der Waals surface area contributed by atoms with E-state index in [2.05, 4.69) is 26.3 Å². The standard InChI is InChI=1S/C19H25N5O/c1-15-14-17(23-18(22-15)16-4-2-3-8-21-16)24-11-10-20-9-5-19(24)6-12-25-13-7-19/h2-4,8,14,20H,5-7,9-13H2,1H3. The van der Waals surface area contributed by atoms with Crippen LogP contribution >= 0.6 is 0 Å². The SMILES string of the molecule is Cc1cc(N2CCNCCC23CCOCC3)nc(-c2ccccn2)n1. The quantitative estimate of drug-likeness (QED) is 0.905. The van der Waals surface area contributed by atoms with E-state index in [1.807, 2.05) is 25.1 Å². The van der Waals surface area contributed by atoms with Gasteiger partial charge in [-0.2, -0.15) is 0 Å². The average Bonchev–Trinajstić information content (AvgIpc) is 2.85. The van der Waals surface area contributed by atoms with Gasteiger partial charge in [0.25, 0.3) is 0 Å². The molecule has 0 atom stereocenters. The maximum absolute atomic E-state index is 5.65. The van der Waals surface area contributed by atoms with Crippen molar-refractivity contribution in [2.75, 3.05) is 37.7 Å². The summed E-state index contributed by atoms with van der Waals surface area (Å²) in [6.07, 6.45) is 5.02. The van der Waals surface area contributed by atoms with Crippen LogP contribution in [0.15, 0.2) is 30.5 Å². The number of ether oxygens (including phenoxy) is 1. The third-order valence-corrected chi connectivity index (χ3v) is 5.29. The summed E-state index contributed by atoms with van der Waals surface area (Å²) in [6, 6.07) is 7.96. The lowest BCUT2D eigenvalue weighted by atomic mass is 9.84. The minimum absolute atomic E-state index is 0.129. The molecule has 2 aromatic rings. The first kappa shape index (κ1) is 16.4. The maximum atomic E-state index is 5.65. The summed E-state index contributed by atoms with van der Waals surface area (Å²) in [5.74, 6) is 1.72. The maximum Gasteiger partial charge on any atom is 0.180 e. The van der Waals surface area contributed by atoms with Crippen molar-refractivity contribution < 1.29 is 4.74 Å². The van der Waals surface area contributed by atoms with Gasteiger partial charge in [-0.1, -0.05) is 6.07 Å². The van der Waals surface area contributed by atoms with E-state index in [0.29, 0.717) is 5.82 Å². The third kappa shape index (κ3) is 3.37. The van der Waals surface area contributed by atoms with Crippen molar-refractivity contribution in [1.82, 2.24) is 20.3 Å². The van der Waals surface area contributed by atoms with E-state index in [4.69, 9.17) is 9.72 Å². The summed E-state index contributed by atoms with van der Waals surface area (Å²) in [6.45, 7) is 6.67. The van der Waals surface area contributed by atoms with Gasteiger partial charge in [0.1, 0.15) is 11.5 Å². The van der Waals surface area contributed by atoms with Crippen LogP contribution in [-0.2, 0) is 4.74 Å². The number of nitrogens with zero attached hydrogens (tertiary/aromatic N) is 4. The van der Waals surface area contributed by atoms with Crippen molar-refractivity contribution in [1.29, 1.82) is 0 Å². The number of pyridine rings is 1. The molecule has 4 rings (SSSR count). The molecule has 0 aromatic carbocycles. The summed E-state index contributed by atoms with van der Waals surface area (Å²) in [5.41, 5.74) is 1.93. The van der Waals surface area contributed by atoms with Crippen LogP contribution in [0.2, 0.25) is 0 Å². The highest BCUT2D eigenvalue weighted by Crippen LogP contribution is 2.35. The fraction of sp³-hybridized carbons (Fsp3) is 0.526. The van der Waals surface area contributed by atoms with Crippen LogP contribution in [0.4, 0.5) is 5.82 Å². The minimum atomic E-state index is 0.129. The Kier molecular flexibility index (Phi) is 4.63. The van der Waals surface area contributed by atoms with Crippen LogP contribution in [0.5, 0.6) is 0 Å². The number of hydrogen-bond acceptors (Lipinski definition) is 6. The molecule has 2 saturated heterocycles. The monoisotopic (exact) mass is 339 g/mol. The summed E-state index contributed by atoms with van der Waals surface area (Å²) in [4.78, 5) is 16.4. The Bertz CT molecular complexity index is 715. The van der Waals surface area contributed by atoms with E-state index in [1.54, 1.807) is 6.20 Å². The number of nitrogens with one attached hydrogen (secondary N) is 1. The molecule has 1 spiro atoms. The molecule has 1 N–H and O–H groups in total. The lowest BCUT2D eigenvalue weighted by Crippen LogP contribution is -2.53. The zero-order valence-corrected chi connectivity index (χ0v) is 14.7. The molecule has 4 heterocycles. The van der Waals surface area contributed by atoms with Gasteiger partial charge in [0, 0.05) is 49.8 Å². The minimum Gasteiger partial charge on any atom is -0.381 e. The smallest absolute Gasteiger partial charge is 0.180 e. The van der Waals surface area contributed by atoms with Gasteiger partial charge in [-0.25, -0.2) is 9.97 Å². The van der Waals surface area contributed by atoms with E-state index in [1.165, 1.54) is 0 Å². The predicted molar refractivity (Wildman–Crippen MR) is 97.6 cm³/mol. The zero-order chi connectivity index (χ0) is 17.1. The Morgan fingerprint density at radius 2 is 2.00 bits per heavy atom. The second-order valence-corrected chi connectivity index (χ2v) is 6.89. The molecule has 6 heteroatoms. The van der Waals surface area contributed by atoms with Crippen LogP contribution in [0.25, 0.3) is 11.5 Å². The molecule has 0 saturated carbocycles. The van der Waals surface area contributed by atoms with Gasteiger partial charge >= 0.3 is 0 Å². The Hall–Kier alpha value is -2.05. The molecule has 6 nitrogen and oxygen atoms in total. The van der Waals surface area contributed by atoms with E-state index in [9.17, 15) is 0 Å². The molecule has 25 heavy (non-hydrogen) atoms. The number of rotatable bonds is 2. The average molecular weight is 339 g/mol. The van der Waals surface area contributed by atoms with Crippen LogP contribution < -0.4 is 10.2 Å². The first-order chi connectivity index (χ1) is 12.3. The summed E-state index contributed by atoms with van der Waals surface area (Å²) in [7, 11) is 0. The molecule has 0 bridgehead atoms. The molecular formula is C19H25N5O. The van der Waals surface area contributed by atoms with Gasteiger partial charge in [0.15, 0.2) is 5.82 Å². The van der Waals surface area contributed by atoms with Crippen LogP contribution in [0.3, 0.4) is 0 Å². The van der Waals surface area contributed by atoms with Crippen molar-refractivity contribution in [3.8, 4) is 11.5 Å². The van der Waals surface area contributed by atoms with Crippen LogP contribution in [-0.4, -0.2) is 53.3 Å². The molecular weight excluding hydrogens is 314 g/mol. The van der Waals surface area contributed by atoms with Gasteiger partial charge in [0.05, 0.1) is 0 Å². The molecule has 132 valence electrons. The number of aromatic nitrogens is 3. The lowest BCUT2D eigenvalue weighted by Gasteiger charge is -2.46. The van der Waals surface area contributed by atoms with Gasteiger partial charge in [-0.05, 0) is 44.9 Å². The third-order valence-electron chi connectivity index (χ3n) is 5.29. The van der Waals surface area contributed by atoms with Crippen molar-refractivity contribution in [2.45, 2.75) is 31.7 Å². The summed E-state index contributed by atoms with van der Waals surface area (Å²) in [5, 5.41) is 3.54. The van der Waals surface area contributed by atoms with Crippen LogP contribution in [0, 0.1) is 6.92 Å². The highest BCUT2D eigenvalue weighted by atomic mass is 16.5. The Labute approximate surface area is 148 Å². The molecule has 2 aromatic heterocycles. The van der Waals surface area contributed by atoms with E-state index in [-0.39, 0.29) is 5.54 Å². The number of hydrogen-bond donors (Lipinski definition) is 1. The molecule has 2 aliphatic heterocycles. The molecule has 0 aliphatic carbocycles. The van der Waals surface area contributed by atoms with Crippen molar-refractivity contribution in [3.63, 3.8) is 0 Å². The number of anilines is 1. The Morgan fingerprint density at radius 3 is 2.80 bits per heavy atom. The normalized spacial score (nSPS) is 20.4. The fourth-order valence-electron chi connectivity index (χ4n) is 3.94. The molecule has 2 aliphatic rings. The molecule has 0 radical (unpaired) electrons. The van der Waals surface area contributed by atoms with Crippen molar-refractivity contribution in [3.05, 3.63) is 36.2 Å². The van der Waals surface area contributed by atoms with Gasteiger partial charge < -0.3 is 15.0 Å². The second-order valence-electron chi connectivity index (χ2n) is 6.89. The predicted octanol–water partition coefficient (Wildman–Crippen LogP) is 2.20. The molecule has 2 fully saturated rings. The van der Waals surface area contributed by atoms with E-state index >= 15 is 0 Å². The van der Waals surface area contributed by atoms with Gasteiger partial charge in [-0.3, -0.25) is 4.98 Å². The van der Waals surface area contributed by atoms with Crippen LogP contribution in [0.1, 0.15) is 25.0 Å². The lowest BCUT2D eigenvalue weighted by molar-refractivity contribution is 0.0485. The summed E-state index contributed by atoms with van der Waals surface area (Å²) < 4.78 is 5.65. The van der Waals surface area contributed by atoms with E-state index in [0.717, 1.165) is 69.3 Å². The first-order valence-corrected chi connectivity index (χ1v) is 9.10. The first-order valence-electron chi connectivity index (χ1n) is 9.10. The van der Waals surface area contributed by atoms with Gasteiger partial charge in [-0.15, -0.1) is 0 Å². The zero-order valence-electron chi connectivity index (χ0n) is 14.7. The fourth-order valence-corrected chi connectivity index (χ4v) is 3.94. The van der Waals surface area contributed by atoms with Gasteiger partial charge in [0.2, 0.25) is 0 Å². The van der Waals surface area contributed by atoms with Crippen molar-refractivity contribution >= 4 is 5.82 Å². The van der Waals surface area contributed by atoms with Crippen molar-refractivity contribution in [2.24, 2.45) is 0 Å². The molecule has 0 unspecified atom stereocenters. The largest absolute Gasteiger partial charge is 0.381 e. The molecule has 0 amide bonds. The Balaban J connectivity index is 1.75. The highest BCUT2D eigenvalue weighted by Gasteiger charge is 2.40. The Morgan fingerprint density at radius 1 is 1.12 bits per heavy atom. The van der Waals surface area contributed by atoms with E-state index < -0.39 is 0 Å². The number of aryl methyl sites for hydroxylation is 1. The summed E-state index contributed by atoms with van der Waals surface area (Å²) >= 11 is 0. The second kappa shape index (κ2) is 7.06.